The van der Waals surface area contributed by atoms with E-state index < -0.39 is 11.2 Å². The van der Waals surface area contributed by atoms with Gasteiger partial charge in [0.05, 0.1) is 5.39 Å². The van der Waals surface area contributed by atoms with E-state index in [0.29, 0.717) is 17.8 Å². The number of amides is 1. The van der Waals surface area contributed by atoms with Gasteiger partial charge in [0.2, 0.25) is 0 Å². The summed E-state index contributed by atoms with van der Waals surface area (Å²) in [7, 11) is 2.95. The summed E-state index contributed by atoms with van der Waals surface area (Å²) in [5, 5.41) is 3.28. The number of carbonyl (C=O) groups is 1. The number of nitrogens with two attached hydrogens (primary N) is 1. The first-order chi connectivity index (χ1) is 12.4. The van der Waals surface area contributed by atoms with Crippen LogP contribution in [0, 0.1) is 5.92 Å². The van der Waals surface area contributed by atoms with E-state index in [1.165, 1.54) is 37.2 Å². The fourth-order valence-electron chi connectivity index (χ4n) is 3.73. The van der Waals surface area contributed by atoms with Gasteiger partial charge in [0, 0.05) is 26.7 Å². The normalized spacial score (nSPS) is 16.6. The molecule has 0 saturated heterocycles. The molecule has 1 amide bonds. The van der Waals surface area contributed by atoms with Gasteiger partial charge in [0.15, 0.2) is 0 Å². The van der Waals surface area contributed by atoms with Gasteiger partial charge in [-0.05, 0) is 30.9 Å². The fourth-order valence-corrected chi connectivity index (χ4v) is 3.73. The van der Waals surface area contributed by atoms with E-state index in [2.05, 4.69) is 10.3 Å². The first-order valence-electron chi connectivity index (χ1n) is 9.01. The molecule has 1 saturated carbocycles. The predicted octanol–water partition coefficient (Wildman–Crippen LogP) is 0.270. The van der Waals surface area contributed by atoms with Gasteiger partial charge in [0.25, 0.3) is 11.5 Å². The van der Waals surface area contributed by atoms with E-state index in [1.54, 1.807) is 0 Å². The molecule has 1 unspecified atom stereocenters. The summed E-state index contributed by atoms with van der Waals surface area (Å²) in [5.74, 6) is 0.0517. The molecule has 0 aliphatic heterocycles. The Balaban J connectivity index is 1.91. The second-order valence-corrected chi connectivity index (χ2v) is 6.99. The summed E-state index contributed by atoms with van der Waals surface area (Å²) in [5.41, 5.74) is 5.35. The molecule has 0 aromatic carbocycles. The highest BCUT2D eigenvalue weighted by Gasteiger charge is 2.25. The highest BCUT2D eigenvalue weighted by atomic mass is 16.2. The summed E-state index contributed by atoms with van der Waals surface area (Å²) in [6.07, 6.45) is 5.69. The number of aryl methyl sites for hydroxylation is 1. The van der Waals surface area contributed by atoms with Gasteiger partial charge in [-0.1, -0.05) is 19.3 Å². The van der Waals surface area contributed by atoms with Crippen molar-refractivity contribution in [2.45, 2.75) is 38.1 Å². The lowest BCUT2D eigenvalue weighted by Crippen LogP contribution is -2.46. The molecule has 3 N–H and O–H groups in total. The minimum Gasteiger partial charge on any atom is -0.346 e. The molecular formula is C18H25N5O3. The zero-order valence-corrected chi connectivity index (χ0v) is 15.2. The second-order valence-electron chi connectivity index (χ2n) is 6.99. The van der Waals surface area contributed by atoms with E-state index in [9.17, 15) is 14.4 Å². The van der Waals surface area contributed by atoms with Crippen molar-refractivity contribution in [1.29, 1.82) is 0 Å². The zero-order chi connectivity index (χ0) is 18.8. The molecule has 2 aromatic heterocycles. The van der Waals surface area contributed by atoms with Crippen LogP contribution in [0.3, 0.4) is 0 Å². The lowest BCUT2D eigenvalue weighted by molar-refractivity contribution is 0.0910. The minimum atomic E-state index is -0.477. The number of nitrogens with zero attached hydrogens (tertiary/aromatic N) is 3. The third-order valence-corrected chi connectivity index (χ3v) is 5.32. The van der Waals surface area contributed by atoms with Gasteiger partial charge in [-0.15, -0.1) is 0 Å². The van der Waals surface area contributed by atoms with Crippen LogP contribution in [0.1, 0.15) is 42.6 Å². The standard InChI is InChI=1S/C18H25N5O3/c1-22-15-12(17(25)23(2)18(22)26)8-9-13(20-15)16(24)21-14(10-19)11-6-4-3-5-7-11/h8-9,11,14H,3-7,10,19H2,1-2H3,(H,21,24). The summed E-state index contributed by atoms with van der Waals surface area (Å²) in [6.45, 7) is 0.378. The van der Waals surface area contributed by atoms with E-state index in [1.807, 2.05) is 0 Å². The highest BCUT2D eigenvalue weighted by molar-refractivity contribution is 5.94. The third-order valence-electron chi connectivity index (χ3n) is 5.32. The van der Waals surface area contributed by atoms with Crippen LogP contribution in [0.15, 0.2) is 21.7 Å². The van der Waals surface area contributed by atoms with Crippen molar-refractivity contribution in [3.63, 3.8) is 0 Å². The molecule has 2 heterocycles. The molecule has 0 bridgehead atoms. The SMILES string of the molecule is Cn1c(=O)c2ccc(C(=O)NC(CN)C3CCCCC3)nc2n(C)c1=O. The number of pyridine rings is 1. The molecular weight excluding hydrogens is 334 g/mol. The molecule has 140 valence electrons. The van der Waals surface area contributed by atoms with E-state index >= 15 is 0 Å². The zero-order valence-electron chi connectivity index (χ0n) is 15.2. The van der Waals surface area contributed by atoms with Crippen LogP contribution in [0.4, 0.5) is 0 Å². The molecule has 0 radical (unpaired) electrons. The highest BCUT2D eigenvalue weighted by Crippen LogP contribution is 2.26. The van der Waals surface area contributed by atoms with Gasteiger partial charge in [0.1, 0.15) is 11.3 Å². The van der Waals surface area contributed by atoms with E-state index in [4.69, 9.17) is 5.73 Å². The fraction of sp³-hybridized carbons (Fsp3) is 0.556. The van der Waals surface area contributed by atoms with Crippen LogP contribution in [-0.4, -0.2) is 32.6 Å². The van der Waals surface area contributed by atoms with Crippen molar-refractivity contribution in [2.75, 3.05) is 6.54 Å². The topological polar surface area (TPSA) is 112 Å². The quantitative estimate of drug-likeness (QED) is 0.814. The number of aromatic nitrogens is 3. The number of rotatable bonds is 4. The van der Waals surface area contributed by atoms with Gasteiger partial charge in [-0.25, -0.2) is 9.78 Å². The Bertz CT molecular complexity index is 940. The van der Waals surface area contributed by atoms with Crippen molar-refractivity contribution in [1.82, 2.24) is 19.4 Å². The first-order valence-corrected chi connectivity index (χ1v) is 9.01. The maximum atomic E-state index is 12.6. The van der Waals surface area contributed by atoms with E-state index in [-0.39, 0.29) is 23.3 Å². The molecule has 1 atom stereocenters. The van der Waals surface area contributed by atoms with Crippen LogP contribution in [-0.2, 0) is 14.1 Å². The monoisotopic (exact) mass is 359 g/mol. The number of hydrogen-bond donors (Lipinski definition) is 2. The Morgan fingerprint density at radius 3 is 2.58 bits per heavy atom. The average molecular weight is 359 g/mol. The number of nitrogens with one attached hydrogen (secondary N) is 1. The average Bonchev–Trinajstić information content (AvgIpc) is 2.68. The molecule has 8 heteroatoms. The number of fused-ring (bicyclic) bond motifs is 1. The molecule has 26 heavy (non-hydrogen) atoms. The molecule has 3 rings (SSSR count). The van der Waals surface area contributed by atoms with Crippen LogP contribution < -0.4 is 22.3 Å². The van der Waals surface area contributed by atoms with Crippen molar-refractivity contribution in [3.05, 3.63) is 38.7 Å². The first kappa shape index (κ1) is 18.3. The van der Waals surface area contributed by atoms with Crippen molar-refractivity contribution in [3.8, 4) is 0 Å². The molecule has 1 aliphatic carbocycles. The molecule has 8 nitrogen and oxygen atoms in total. The summed E-state index contributed by atoms with van der Waals surface area (Å²) >= 11 is 0. The Morgan fingerprint density at radius 1 is 1.23 bits per heavy atom. The van der Waals surface area contributed by atoms with Crippen LogP contribution in [0.5, 0.6) is 0 Å². The minimum absolute atomic E-state index is 0.0900. The Kier molecular flexibility index (Phi) is 5.22. The Hall–Kier alpha value is -2.48. The summed E-state index contributed by atoms with van der Waals surface area (Å²) < 4.78 is 2.30. The third kappa shape index (κ3) is 3.29. The Labute approximate surface area is 151 Å². The Morgan fingerprint density at radius 2 is 1.92 bits per heavy atom. The lowest BCUT2D eigenvalue weighted by atomic mass is 9.84. The maximum Gasteiger partial charge on any atom is 0.332 e. The second kappa shape index (κ2) is 7.41. The van der Waals surface area contributed by atoms with Crippen molar-refractivity contribution in [2.24, 2.45) is 25.7 Å². The molecule has 2 aromatic rings. The molecule has 1 aliphatic rings. The predicted molar refractivity (Wildman–Crippen MR) is 99.1 cm³/mol. The van der Waals surface area contributed by atoms with Gasteiger partial charge in [-0.2, -0.15) is 0 Å². The van der Waals surface area contributed by atoms with Crippen LogP contribution in [0.2, 0.25) is 0 Å². The lowest BCUT2D eigenvalue weighted by Gasteiger charge is -2.30. The number of hydrogen-bond acceptors (Lipinski definition) is 5. The summed E-state index contributed by atoms with van der Waals surface area (Å²) in [4.78, 5) is 41.2. The van der Waals surface area contributed by atoms with Gasteiger partial charge in [-0.3, -0.25) is 18.7 Å². The van der Waals surface area contributed by atoms with Crippen molar-refractivity contribution < 1.29 is 4.79 Å². The van der Waals surface area contributed by atoms with Crippen LogP contribution in [0.25, 0.3) is 11.0 Å². The van der Waals surface area contributed by atoms with E-state index in [0.717, 1.165) is 30.3 Å². The van der Waals surface area contributed by atoms with Crippen molar-refractivity contribution >= 4 is 16.9 Å². The number of carbonyl (C=O) groups excluding carboxylic acids is 1. The molecule has 0 spiro atoms. The largest absolute Gasteiger partial charge is 0.346 e. The smallest absolute Gasteiger partial charge is 0.332 e. The van der Waals surface area contributed by atoms with Crippen LogP contribution >= 0.6 is 0 Å². The van der Waals surface area contributed by atoms with Gasteiger partial charge < -0.3 is 11.1 Å². The maximum absolute atomic E-state index is 12.6. The summed E-state index contributed by atoms with van der Waals surface area (Å²) in [6, 6.07) is 2.96. The molecule has 1 fully saturated rings. The van der Waals surface area contributed by atoms with Gasteiger partial charge >= 0.3 is 5.69 Å².